The molecular weight excluding hydrogens is 168 g/mol. The highest BCUT2D eigenvalue weighted by atomic mass is 16.2. The molecule has 0 aromatic rings. The van der Waals surface area contributed by atoms with Crippen LogP contribution in [0.15, 0.2) is 12.2 Å². The van der Waals surface area contributed by atoms with Crippen molar-refractivity contribution in [3.05, 3.63) is 12.2 Å². The van der Waals surface area contributed by atoms with Gasteiger partial charge in [0.1, 0.15) is 0 Å². The number of likely N-dealkylation sites (tertiary alicyclic amines) is 1. The Kier molecular flexibility index (Phi) is 2.70. The molecule has 0 radical (unpaired) electrons. The fourth-order valence-corrected chi connectivity index (χ4v) is 1.44. The molecule has 4 heteroatoms. The highest BCUT2D eigenvalue weighted by Gasteiger charge is 2.32. The lowest BCUT2D eigenvalue weighted by atomic mass is 10.1. The van der Waals surface area contributed by atoms with E-state index >= 15 is 0 Å². The molecule has 0 aromatic heterocycles. The van der Waals surface area contributed by atoms with Crippen LogP contribution in [0.2, 0.25) is 0 Å². The van der Waals surface area contributed by atoms with Gasteiger partial charge in [-0.2, -0.15) is 0 Å². The van der Waals surface area contributed by atoms with Crippen LogP contribution in [-0.4, -0.2) is 29.8 Å². The average molecular weight is 182 g/mol. The van der Waals surface area contributed by atoms with Crippen molar-refractivity contribution in [2.45, 2.75) is 13.3 Å². The molecule has 1 fully saturated rings. The number of nitrogens with zero attached hydrogens (tertiary/aromatic N) is 1. The van der Waals surface area contributed by atoms with E-state index in [0.29, 0.717) is 13.1 Å². The minimum atomic E-state index is -0.391. The van der Waals surface area contributed by atoms with Crippen LogP contribution in [0.5, 0.6) is 0 Å². The fourth-order valence-electron chi connectivity index (χ4n) is 1.44. The lowest BCUT2D eigenvalue weighted by Gasteiger charge is -2.15. The van der Waals surface area contributed by atoms with Gasteiger partial charge in [-0.25, -0.2) is 0 Å². The number of nitrogens with two attached hydrogens (primary N) is 1. The van der Waals surface area contributed by atoms with E-state index in [1.807, 2.05) is 6.92 Å². The summed E-state index contributed by atoms with van der Waals surface area (Å²) in [6.45, 7) is 6.54. The third-order valence-corrected chi connectivity index (χ3v) is 2.08. The molecule has 1 aliphatic rings. The smallest absolute Gasteiger partial charge is 0.223 e. The Morgan fingerprint density at radius 1 is 1.77 bits per heavy atom. The molecule has 1 rings (SSSR count). The fraction of sp³-hybridized carbons (Fsp3) is 0.556. The standard InChI is InChI=1S/C9H14N2O2/c1-6(2)4-11-5-7(9(10)13)3-8(11)12/h7H,1,3-5H2,2H3,(H2,10,13). The van der Waals surface area contributed by atoms with Gasteiger partial charge in [0.15, 0.2) is 0 Å². The summed E-state index contributed by atoms with van der Waals surface area (Å²) in [4.78, 5) is 23.7. The Hall–Kier alpha value is -1.32. The first-order chi connectivity index (χ1) is 6.00. The molecule has 4 nitrogen and oxygen atoms in total. The molecule has 1 unspecified atom stereocenters. The first kappa shape index (κ1) is 9.77. The molecular formula is C9H14N2O2. The van der Waals surface area contributed by atoms with Crippen molar-refractivity contribution in [3.8, 4) is 0 Å². The quantitative estimate of drug-likeness (QED) is 0.619. The summed E-state index contributed by atoms with van der Waals surface area (Å²) in [6.07, 6.45) is 0.253. The molecule has 1 saturated heterocycles. The van der Waals surface area contributed by atoms with Gasteiger partial charge in [-0.1, -0.05) is 12.2 Å². The maximum Gasteiger partial charge on any atom is 0.223 e. The summed E-state index contributed by atoms with van der Waals surface area (Å²) in [6, 6.07) is 0. The van der Waals surface area contributed by atoms with Crippen molar-refractivity contribution < 1.29 is 9.59 Å². The zero-order valence-electron chi connectivity index (χ0n) is 7.75. The zero-order valence-corrected chi connectivity index (χ0v) is 7.75. The Morgan fingerprint density at radius 2 is 2.38 bits per heavy atom. The van der Waals surface area contributed by atoms with Gasteiger partial charge in [0.05, 0.1) is 5.92 Å². The highest BCUT2D eigenvalue weighted by Crippen LogP contribution is 2.17. The SMILES string of the molecule is C=C(C)CN1CC(C(N)=O)CC1=O. The molecule has 2 amide bonds. The molecule has 72 valence electrons. The van der Waals surface area contributed by atoms with Crippen molar-refractivity contribution >= 4 is 11.8 Å². The van der Waals surface area contributed by atoms with Crippen LogP contribution in [0.4, 0.5) is 0 Å². The van der Waals surface area contributed by atoms with Crippen LogP contribution in [0.25, 0.3) is 0 Å². The molecule has 1 aliphatic heterocycles. The number of amides is 2. The molecule has 2 N–H and O–H groups in total. The Balaban J connectivity index is 2.56. The van der Waals surface area contributed by atoms with E-state index < -0.39 is 5.91 Å². The van der Waals surface area contributed by atoms with Crippen LogP contribution in [0, 0.1) is 5.92 Å². The molecule has 0 aromatic carbocycles. The van der Waals surface area contributed by atoms with Crippen LogP contribution in [0.3, 0.4) is 0 Å². The number of carbonyl (C=O) groups excluding carboxylic acids is 2. The summed E-state index contributed by atoms with van der Waals surface area (Å²) in [5, 5.41) is 0. The van der Waals surface area contributed by atoms with Crippen molar-refractivity contribution in [1.29, 1.82) is 0 Å². The second-order valence-electron chi connectivity index (χ2n) is 3.53. The van der Waals surface area contributed by atoms with Gasteiger partial charge in [-0.15, -0.1) is 0 Å². The van der Waals surface area contributed by atoms with Crippen LogP contribution in [0.1, 0.15) is 13.3 Å². The topological polar surface area (TPSA) is 63.4 Å². The second kappa shape index (κ2) is 3.60. The Morgan fingerprint density at radius 3 is 2.77 bits per heavy atom. The summed E-state index contributed by atoms with van der Waals surface area (Å²) >= 11 is 0. The summed E-state index contributed by atoms with van der Waals surface area (Å²) in [7, 11) is 0. The predicted octanol–water partition coefficient (Wildman–Crippen LogP) is -0.104. The van der Waals surface area contributed by atoms with Crippen LogP contribution in [-0.2, 0) is 9.59 Å². The predicted molar refractivity (Wildman–Crippen MR) is 48.7 cm³/mol. The molecule has 0 bridgehead atoms. The van der Waals surface area contributed by atoms with Gasteiger partial charge in [0.25, 0.3) is 0 Å². The molecule has 0 spiro atoms. The van der Waals surface area contributed by atoms with E-state index in [2.05, 4.69) is 6.58 Å². The zero-order chi connectivity index (χ0) is 10.0. The number of primary amides is 1. The van der Waals surface area contributed by atoms with Gasteiger partial charge in [0, 0.05) is 19.5 Å². The monoisotopic (exact) mass is 182 g/mol. The largest absolute Gasteiger partial charge is 0.369 e. The normalized spacial score (nSPS) is 22.1. The lowest BCUT2D eigenvalue weighted by Crippen LogP contribution is -2.29. The second-order valence-corrected chi connectivity index (χ2v) is 3.53. The lowest BCUT2D eigenvalue weighted by molar-refractivity contribution is -0.128. The summed E-state index contributed by atoms with van der Waals surface area (Å²) in [5.74, 6) is -0.712. The highest BCUT2D eigenvalue weighted by molar-refractivity contribution is 5.88. The number of carbonyl (C=O) groups is 2. The van der Waals surface area contributed by atoms with Gasteiger partial charge in [-0.05, 0) is 6.92 Å². The molecule has 0 aliphatic carbocycles. The van der Waals surface area contributed by atoms with E-state index in [1.165, 1.54) is 0 Å². The summed E-state index contributed by atoms with van der Waals surface area (Å²) in [5.41, 5.74) is 6.03. The minimum absolute atomic E-state index is 0.00759. The van der Waals surface area contributed by atoms with Gasteiger partial charge in [-0.3, -0.25) is 9.59 Å². The van der Waals surface area contributed by atoms with Crippen molar-refractivity contribution in [1.82, 2.24) is 4.90 Å². The number of hydrogen-bond acceptors (Lipinski definition) is 2. The van der Waals surface area contributed by atoms with Gasteiger partial charge < -0.3 is 10.6 Å². The third-order valence-electron chi connectivity index (χ3n) is 2.08. The van der Waals surface area contributed by atoms with E-state index in [0.717, 1.165) is 5.57 Å². The van der Waals surface area contributed by atoms with Gasteiger partial charge >= 0.3 is 0 Å². The molecule has 1 atom stereocenters. The number of rotatable bonds is 3. The molecule has 13 heavy (non-hydrogen) atoms. The first-order valence-electron chi connectivity index (χ1n) is 4.22. The maximum absolute atomic E-state index is 11.3. The third kappa shape index (κ3) is 2.31. The van der Waals surface area contributed by atoms with E-state index in [4.69, 9.17) is 5.73 Å². The van der Waals surface area contributed by atoms with E-state index in [1.54, 1.807) is 4.90 Å². The van der Waals surface area contributed by atoms with Crippen molar-refractivity contribution in [2.75, 3.05) is 13.1 Å². The van der Waals surface area contributed by atoms with Crippen molar-refractivity contribution in [2.24, 2.45) is 11.7 Å². The maximum atomic E-state index is 11.3. The molecule has 1 heterocycles. The Bertz CT molecular complexity index is 260. The molecule has 0 saturated carbocycles. The van der Waals surface area contributed by atoms with Crippen LogP contribution >= 0.6 is 0 Å². The first-order valence-corrected chi connectivity index (χ1v) is 4.22. The van der Waals surface area contributed by atoms with Crippen molar-refractivity contribution in [3.63, 3.8) is 0 Å². The van der Waals surface area contributed by atoms with Crippen LogP contribution < -0.4 is 5.73 Å². The number of hydrogen-bond donors (Lipinski definition) is 1. The van der Waals surface area contributed by atoms with E-state index in [-0.39, 0.29) is 18.2 Å². The minimum Gasteiger partial charge on any atom is -0.369 e. The average Bonchev–Trinajstić information content (AvgIpc) is 2.31. The summed E-state index contributed by atoms with van der Waals surface area (Å²) < 4.78 is 0. The Labute approximate surface area is 77.4 Å². The van der Waals surface area contributed by atoms with Gasteiger partial charge in [0.2, 0.25) is 11.8 Å². The van der Waals surface area contributed by atoms with E-state index in [9.17, 15) is 9.59 Å².